The summed E-state index contributed by atoms with van der Waals surface area (Å²) in [6.07, 6.45) is 0.743. The number of anilines is 1. The Hall–Kier alpha value is -2.21. The summed E-state index contributed by atoms with van der Waals surface area (Å²) in [5.41, 5.74) is 5.61. The number of thiophene rings is 1. The molecule has 0 unspecified atom stereocenters. The molecule has 0 atom stereocenters. The van der Waals surface area contributed by atoms with Crippen LogP contribution in [0.3, 0.4) is 0 Å². The second-order valence-electron chi connectivity index (χ2n) is 4.33. The van der Waals surface area contributed by atoms with Crippen LogP contribution in [0.4, 0.5) is 9.39 Å². The zero-order valence-electron chi connectivity index (χ0n) is 11.6. The minimum Gasteiger partial charge on any atom is -0.465 e. The van der Waals surface area contributed by atoms with Gasteiger partial charge in [-0.2, -0.15) is 0 Å². The lowest BCUT2D eigenvalue weighted by atomic mass is 10.0. The van der Waals surface area contributed by atoms with Gasteiger partial charge in [0.15, 0.2) is 5.78 Å². The van der Waals surface area contributed by atoms with E-state index in [9.17, 15) is 14.0 Å². The average molecular weight is 307 g/mol. The number of rotatable bonds is 4. The third-order valence-electron chi connectivity index (χ3n) is 3.05. The number of hydrogen-bond donors (Lipinski definition) is 1. The highest BCUT2D eigenvalue weighted by molar-refractivity contribution is 7.16. The van der Waals surface area contributed by atoms with Crippen molar-refractivity contribution < 1.29 is 18.7 Å². The van der Waals surface area contributed by atoms with Crippen LogP contribution in [-0.2, 0) is 11.2 Å². The molecule has 1 aromatic heterocycles. The maximum absolute atomic E-state index is 14.3. The van der Waals surface area contributed by atoms with E-state index in [2.05, 4.69) is 4.74 Å². The third kappa shape index (κ3) is 2.80. The van der Waals surface area contributed by atoms with Crippen molar-refractivity contribution in [3.8, 4) is 0 Å². The van der Waals surface area contributed by atoms with Crippen LogP contribution in [0.15, 0.2) is 24.3 Å². The number of nitrogens with two attached hydrogens (primary N) is 1. The van der Waals surface area contributed by atoms with Crippen molar-refractivity contribution in [1.82, 2.24) is 0 Å². The van der Waals surface area contributed by atoms with Crippen LogP contribution in [0.2, 0.25) is 0 Å². The Labute approximate surface area is 125 Å². The smallest absolute Gasteiger partial charge is 0.340 e. The number of hydrogen-bond acceptors (Lipinski definition) is 5. The van der Waals surface area contributed by atoms with Gasteiger partial charge in [0, 0.05) is 4.88 Å². The van der Waals surface area contributed by atoms with E-state index in [0.717, 1.165) is 18.4 Å². The fourth-order valence-corrected chi connectivity index (χ4v) is 2.79. The SMILES string of the molecule is CCc1cc(C(=O)c2cccc(C(=O)OC)c2F)c(N)s1. The molecule has 0 aliphatic rings. The standard InChI is InChI=1S/C15H14FNO3S/c1-3-8-7-11(14(17)21-8)13(18)9-5-4-6-10(12(9)16)15(19)20-2/h4-7H,3,17H2,1-2H3. The number of esters is 1. The van der Waals surface area contributed by atoms with E-state index in [4.69, 9.17) is 5.73 Å². The minimum absolute atomic E-state index is 0.190. The first-order chi connectivity index (χ1) is 9.99. The number of aryl methyl sites for hydroxylation is 1. The Morgan fingerprint density at radius 1 is 1.29 bits per heavy atom. The highest BCUT2D eigenvalue weighted by Gasteiger charge is 2.23. The van der Waals surface area contributed by atoms with Gasteiger partial charge in [0.2, 0.25) is 0 Å². The molecule has 0 fully saturated rings. The van der Waals surface area contributed by atoms with Gasteiger partial charge in [-0.15, -0.1) is 11.3 Å². The summed E-state index contributed by atoms with van der Waals surface area (Å²) in [6, 6.07) is 5.69. The molecule has 0 saturated carbocycles. The van der Waals surface area contributed by atoms with Gasteiger partial charge in [0.25, 0.3) is 0 Å². The van der Waals surface area contributed by atoms with Gasteiger partial charge < -0.3 is 10.5 Å². The molecule has 4 nitrogen and oxygen atoms in total. The molecule has 21 heavy (non-hydrogen) atoms. The Kier molecular flexibility index (Phi) is 4.37. The lowest BCUT2D eigenvalue weighted by Crippen LogP contribution is -2.11. The molecule has 0 radical (unpaired) electrons. The Balaban J connectivity index is 2.48. The summed E-state index contributed by atoms with van der Waals surface area (Å²) >= 11 is 1.30. The second kappa shape index (κ2) is 6.05. The summed E-state index contributed by atoms with van der Waals surface area (Å²) in [5.74, 6) is -2.25. The number of benzene rings is 1. The lowest BCUT2D eigenvalue weighted by molar-refractivity contribution is 0.0595. The van der Waals surface area contributed by atoms with Crippen LogP contribution in [0.1, 0.15) is 38.1 Å². The molecule has 0 spiro atoms. The highest BCUT2D eigenvalue weighted by Crippen LogP contribution is 2.28. The van der Waals surface area contributed by atoms with E-state index < -0.39 is 17.6 Å². The molecule has 2 rings (SSSR count). The van der Waals surface area contributed by atoms with E-state index in [1.807, 2.05) is 6.92 Å². The average Bonchev–Trinajstić information content (AvgIpc) is 2.87. The van der Waals surface area contributed by atoms with Gasteiger partial charge in [-0.05, 0) is 24.6 Å². The summed E-state index contributed by atoms with van der Waals surface area (Å²) < 4.78 is 18.8. The molecular weight excluding hydrogens is 293 g/mol. The monoisotopic (exact) mass is 307 g/mol. The second-order valence-corrected chi connectivity index (χ2v) is 5.50. The first kappa shape index (κ1) is 15.2. The van der Waals surface area contributed by atoms with Crippen molar-refractivity contribution in [2.45, 2.75) is 13.3 Å². The maximum Gasteiger partial charge on any atom is 0.340 e. The Bertz CT molecular complexity index is 709. The predicted molar refractivity (Wildman–Crippen MR) is 79.3 cm³/mol. The summed E-state index contributed by atoms with van der Waals surface area (Å²) in [5, 5.41) is 0.347. The van der Waals surface area contributed by atoms with Gasteiger partial charge in [0.05, 0.1) is 28.8 Å². The third-order valence-corrected chi connectivity index (χ3v) is 4.16. The van der Waals surface area contributed by atoms with E-state index >= 15 is 0 Å². The van der Waals surface area contributed by atoms with E-state index in [-0.39, 0.29) is 16.7 Å². The van der Waals surface area contributed by atoms with E-state index in [1.54, 1.807) is 6.07 Å². The fourth-order valence-electron chi connectivity index (χ4n) is 1.93. The topological polar surface area (TPSA) is 69.4 Å². The van der Waals surface area contributed by atoms with Crippen LogP contribution in [-0.4, -0.2) is 18.9 Å². The largest absolute Gasteiger partial charge is 0.465 e. The van der Waals surface area contributed by atoms with Gasteiger partial charge in [-0.25, -0.2) is 9.18 Å². The number of ketones is 1. The molecule has 1 aromatic carbocycles. The Morgan fingerprint density at radius 3 is 2.52 bits per heavy atom. The molecule has 110 valence electrons. The van der Waals surface area contributed by atoms with Crippen molar-refractivity contribution in [3.05, 3.63) is 51.7 Å². The molecule has 2 aromatic rings. The van der Waals surface area contributed by atoms with E-state index in [1.165, 1.54) is 29.5 Å². The van der Waals surface area contributed by atoms with Crippen LogP contribution >= 0.6 is 11.3 Å². The quantitative estimate of drug-likeness (QED) is 0.696. The molecule has 0 aliphatic heterocycles. The molecular formula is C15H14FNO3S. The van der Waals surface area contributed by atoms with Crippen LogP contribution in [0.25, 0.3) is 0 Å². The molecule has 2 N–H and O–H groups in total. The number of nitrogen functional groups attached to an aromatic ring is 1. The summed E-state index contributed by atoms with van der Waals surface area (Å²) in [4.78, 5) is 24.8. The Morgan fingerprint density at radius 2 is 1.95 bits per heavy atom. The fraction of sp³-hybridized carbons (Fsp3) is 0.200. The van der Waals surface area contributed by atoms with Crippen LogP contribution in [0.5, 0.6) is 0 Å². The van der Waals surface area contributed by atoms with Crippen molar-refractivity contribution in [2.24, 2.45) is 0 Å². The summed E-state index contributed by atoms with van der Waals surface area (Å²) in [6.45, 7) is 1.94. The molecule has 0 bridgehead atoms. The van der Waals surface area contributed by atoms with Crippen LogP contribution < -0.4 is 5.73 Å². The summed E-state index contributed by atoms with van der Waals surface area (Å²) in [7, 11) is 1.15. The predicted octanol–water partition coefficient (Wildman–Crippen LogP) is 3.05. The van der Waals surface area contributed by atoms with Gasteiger partial charge in [0.1, 0.15) is 5.82 Å². The number of halogens is 1. The van der Waals surface area contributed by atoms with Gasteiger partial charge in [-0.1, -0.05) is 13.0 Å². The molecule has 6 heteroatoms. The molecule has 0 saturated heterocycles. The van der Waals surface area contributed by atoms with Gasteiger partial charge in [-0.3, -0.25) is 4.79 Å². The van der Waals surface area contributed by atoms with Crippen molar-refractivity contribution in [1.29, 1.82) is 0 Å². The van der Waals surface area contributed by atoms with Crippen LogP contribution in [0, 0.1) is 5.82 Å². The van der Waals surface area contributed by atoms with Crippen molar-refractivity contribution in [3.63, 3.8) is 0 Å². The van der Waals surface area contributed by atoms with Crippen molar-refractivity contribution in [2.75, 3.05) is 12.8 Å². The van der Waals surface area contributed by atoms with Crippen molar-refractivity contribution >= 4 is 28.1 Å². The zero-order valence-corrected chi connectivity index (χ0v) is 12.4. The normalized spacial score (nSPS) is 10.4. The number of carbonyl (C=O) groups is 2. The molecule has 0 aliphatic carbocycles. The zero-order chi connectivity index (χ0) is 15.6. The number of carbonyl (C=O) groups excluding carboxylic acids is 2. The molecule has 0 amide bonds. The van der Waals surface area contributed by atoms with Gasteiger partial charge >= 0.3 is 5.97 Å². The molecule has 1 heterocycles. The lowest BCUT2D eigenvalue weighted by Gasteiger charge is -2.06. The number of ether oxygens (including phenoxy) is 1. The first-order valence-electron chi connectivity index (χ1n) is 6.29. The van der Waals surface area contributed by atoms with E-state index in [0.29, 0.717) is 5.00 Å². The maximum atomic E-state index is 14.3. The highest BCUT2D eigenvalue weighted by atomic mass is 32.1. The first-order valence-corrected chi connectivity index (χ1v) is 7.11. The number of methoxy groups -OCH3 is 1. The minimum atomic E-state index is -0.891.